The van der Waals surface area contributed by atoms with Crippen molar-refractivity contribution in [2.45, 2.75) is 38.5 Å². The first-order valence-corrected chi connectivity index (χ1v) is 21.9. The van der Waals surface area contributed by atoms with Gasteiger partial charge in [0.2, 0.25) is 0 Å². The van der Waals surface area contributed by atoms with Crippen LogP contribution in [0.3, 0.4) is 0 Å². The highest BCUT2D eigenvalue weighted by Gasteiger charge is 2.44. The molecule has 0 saturated heterocycles. The third-order valence-electron chi connectivity index (χ3n) is 14.5. The molecule has 2 aliphatic carbocycles. The highest BCUT2D eigenvalue weighted by molar-refractivity contribution is 6.12. The lowest BCUT2D eigenvalue weighted by atomic mass is 9.77. The third-order valence-corrected chi connectivity index (χ3v) is 14.5. The Balaban J connectivity index is 0.987. The van der Waals surface area contributed by atoms with Crippen LogP contribution in [0, 0.1) is 0 Å². The standard InChI is InChI=1S/C60H44N2/c1-59(2)51-28-23-39(40-25-32-56-48(34-40)47-33-38(37-15-7-5-8-16-37)24-31-55(47)61(56)41-17-9-6-10-18-41)35-49(51)57-52(59)30-27-45-46-36-42(26-29-50(46)60(3,4)58(45)57)62-53-21-13-11-19-43(53)44-20-12-14-22-54(44)62/h5-36H,1-4H3. The number of rotatable bonds is 4. The SMILES string of the molecule is CC1(C)c2ccc(-c3ccc4c(c3)c3cc(-c5ccccc5)ccc3n4-c3ccccc3)cc2-c2c1ccc1c2C(C)(C)c2ccc(-n3c4ccccc4c4ccccc43)cc2-1. The van der Waals surface area contributed by atoms with Gasteiger partial charge in [-0.05, 0) is 133 Å². The van der Waals surface area contributed by atoms with Crippen LogP contribution in [-0.4, -0.2) is 9.13 Å². The van der Waals surface area contributed by atoms with Gasteiger partial charge in [-0.2, -0.15) is 0 Å². The highest BCUT2D eigenvalue weighted by Crippen LogP contribution is 2.59. The molecule has 2 aliphatic rings. The lowest BCUT2D eigenvalue weighted by Gasteiger charge is -2.26. The van der Waals surface area contributed by atoms with Crippen LogP contribution in [0.15, 0.2) is 194 Å². The third kappa shape index (κ3) is 4.75. The van der Waals surface area contributed by atoms with E-state index in [9.17, 15) is 0 Å². The van der Waals surface area contributed by atoms with Crippen LogP contribution in [-0.2, 0) is 10.8 Å². The number of fused-ring (bicyclic) bond motifs is 13. The lowest BCUT2D eigenvalue weighted by molar-refractivity contribution is 0.647. The predicted octanol–water partition coefficient (Wildman–Crippen LogP) is 15.8. The van der Waals surface area contributed by atoms with Crippen LogP contribution in [0.5, 0.6) is 0 Å². The first kappa shape index (κ1) is 35.3. The molecule has 0 fully saturated rings. The Morgan fingerprint density at radius 2 is 0.806 bits per heavy atom. The zero-order valence-electron chi connectivity index (χ0n) is 35.4. The molecule has 9 aromatic carbocycles. The zero-order chi connectivity index (χ0) is 41.5. The molecule has 0 radical (unpaired) electrons. The number of para-hydroxylation sites is 3. The van der Waals surface area contributed by atoms with Gasteiger partial charge < -0.3 is 9.13 Å². The number of nitrogens with zero attached hydrogens (tertiary/aromatic N) is 2. The molecule has 0 aliphatic heterocycles. The Hall–Kier alpha value is -7.42. The van der Waals surface area contributed by atoms with Crippen LogP contribution in [0.2, 0.25) is 0 Å². The summed E-state index contributed by atoms with van der Waals surface area (Å²) in [5.41, 5.74) is 23.0. The summed E-state index contributed by atoms with van der Waals surface area (Å²) in [6.45, 7) is 9.70. The Morgan fingerprint density at radius 1 is 0.306 bits per heavy atom. The van der Waals surface area contributed by atoms with Crippen molar-refractivity contribution < 1.29 is 0 Å². The number of hydrogen-bond acceptors (Lipinski definition) is 0. The van der Waals surface area contributed by atoms with Gasteiger partial charge in [-0.15, -0.1) is 0 Å². The number of hydrogen-bond donors (Lipinski definition) is 0. The summed E-state index contributed by atoms with van der Waals surface area (Å²) in [4.78, 5) is 0. The van der Waals surface area contributed by atoms with Crippen molar-refractivity contribution in [2.75, 3.05) is 0 Å². The van der Waals surface area contributed by atoms with Gasteiger partial charge in [0.25, 0.3) is 0 Å². The second kappa shape index (κ2) is 12.6. The Morgan fingerprint density at radius 3 is 1.48 bits per heavy atom. The molecule has 13 rings (SSSR count). The average Bonchev–Trinajstić information content (AvgIpc) is 3.97. The van der Waals surface area contributed by atoms with E-state index in [4.69, 9.17) is 0 Å². The van der Waals surface area contributed by atoms with Gasteiger partial charge in [0, 0.05) is 43.7 Å². The molecule has 294 valence electrons. The molecule has 2 nitrogen and oxygen atoms in total. The first-order chi connectivity index (χ1) is 30.3. The molecular formula is C60H44N2. The van der Waals surface area contributed by atoms with Crippen molar-refractivity contribution in [2.24, 2.45) is 0 Å². The normalized spacial score (nSPS) is 14.4. The minimum atomic E-state index is -0.183. The fourth-order valence-corrected chi connectivity index (χ4v) is 11.5. The summed E-state index contributed by atoms with van der Waals surface area (Å²) in [6, 6.07) is 72.5. The summed E-state index contributed by atoms with van der Waals surface area (Å²) >= 11 is 0. The molecule has 0 unspecified atom stereocenters. The quantitative estimate of drug-likeness (QED) is 0.168. The maximum atomic E-state index is 2.50. The molecule has 0 saturated carbocycles. The minimum absolute atomic E-state index is 0.127. The zero-order valence-corrected chi connectivity index (χ0v) is 35.4. The first-order valence-electron chi connectivity index (χ1n) is 21.9. The summed E-state index contributed by atoms with van der Waals surface area (Å²) in [5, 5.41) is 5.10. The molecule has 11 aromatic rings. The van der Waals surface area contributed by atoms with E-state index in [1.165, 1.54) is 122 Å². The molecule has 0 amide bonds. The van der Waals surface area contributed by atoms with E-state index in [2.05, 4.69) is 231 Å². The fraction of sp³-hybridized carbons (Fsp3) is 0.100. The summed E-state index contributed by atoms with van der Waals surface area (Å²) in [6.07, 6.45) is 0. The molecule has 0 atom stereocenters. The predicted molar refractivity (Wildman–Crippen MR) is 261 cm³/mol. The van der Waals surface area contributed by atoms with E-state index in [1.807, 2.05) is 0 Å². The lowest BCUT2D eigenvalue weighted by Crippen LogP contribution is -2.18. The summed E-state index contributed by atoms with van der Waals surface area (Å²) < 4.78 is 4.87. The highest BCUT2D eigenvalue weighted by atomic mass is 15.0. The van der Waals surface area contributed by atoms with E-state index in [1.54, 1.807) is 0 Å². The average molecular weight is 793 g/mol. The Bertz CT molecular complexity index is 3620. The largest absolute Gasteiger partial charge is 0.309 e. The van der Waals surface area contributed by atoms with Gasteiger partial charge >= 0.3 is 0 Å². The van der Waals surface area contributed by atoms with Crippen molar-refractivity contribution in [1.29, 1.82) is 0 Å². The van der Waals surface area contributed by atoms with Crippen LogP contribution in [0.1, 0.15) is 49.9 Å². The van der Waals surface area contributed by atoms with Gasteiger partial charge in [-0.1, -0.05) is 155 Å². The smallest absolute Gasteiger partial charge is 0.0541 e. The van der Waals surface area contributed by atoms with Crippen LogP contribution in [0.25, 0.3) is 99.5 Å². The van der Waals surface area contributed by atoms with Crippen molar-refractivity contribution in [3.05, 3.63) is 216 Å². The molecule has 2 heterocycles. The Kier molecular flexibility index (Phi) is 7.16. The molecule has 0 N–H and O–H groups in total. The minimum Gasteiger partial charge on any atom is -0.309 e. The van der Waals surface area contributed by atoms with E-state index in [0.717, 1.165) is 0 Å². The summed E-state index contributed by atoms with van der Waals surface area (Å²) in [5.74, 6) is 0. The molecular weight excluding hydrogens is 749 g/mol. The van der Waals surface area contributed by atoms with Gasteiger partial charge in [-0.3, -0.25) is 0 Å². The van der Waals surface area contributed by atoms with Gasteiger partial charge in [-0.25, -0.2) is 0 Å². The Labute approximate surface area is 362 Å². The van der Waals surface area contributed by atoms with Crippen molar-refractivity contribution in [3.8, 4) is 55.9 Å². The molecule has 2 heteroatoms. The monoisotopic (exact) mass is 792 g/mol. The van der Waals surface area contributed by atoms with Crippen molar-refractivity contribution in [1.82, 2.24) is 9.13 Å². The number of benzene rings is 9. The van der Waals surface area contributed by atoms with E-state index < -0.39 is 0 Å². The fourth-order valence-electron chi connectivity index (χ4n) is 11.5. The van der Waals surface area contributed by atoms with Crippen LogP contribution >= 0.6 is 0 Å². The molecule has 62 heavy (non-hydrogen) atoms. The maximum Gasteiger partial charge on any atom is 0.0541 e. The molecule has 0 bridgehead atoms. The summed E-state index contributed by atoms with van der Waals surface area (Å²) in [7, 11) is 0. The molecule has 0 spiro atoms. The van der Waals surface area contributed by atoms with E-state index >= 15 is 0 Å². The van der Waals surface area contributed by atoms with E-state index in [-0.39, 0.29) is 10.8 Å². The second-order valence-electron chi connectivity index (χ2n) is 18.5. The number of aromatic nitrogens is 2. The van der Waals surface area contributed by atoms with Crippen LogP contribution < -0.4 is 0 Å². The maximum absolute atomic E-state index is 2.50. The van der Waals surface area contributed by atoms with Crippen molar-refractivity contribution in [3.63, 3.8) is 0 Å². The van der Waals surface area contributed by atoms with Gasteiger partial charge in [0.1, 0.15) is 0 Å². The van der Waals surface area contributed by atoms with E-state index in [0.29, 0.717) is 0 Å². The second-order valence-corrected chi connectivity index (χ2v) is 18.5. The van der Waals surface area contributed by atoms with Gasteiger partial charge in [0.05, 0.1) is 22.1 Å². The topological polar surface area (TPSA) is 9.86 Å². The van der Waals surface area contributed by atoms with Gasteiger partial charge in [0.15, 0.2) is 0 Å². The van der Waals surface area contributed by atoms with Crippen molar-refractivity contribution >= 4 is 43.6 Å². The van der Waals surface area contributed by atoms with Crippen LogP contribution in [0.4, 0.5) is 0 Å². The molecule has 2 aromatic heterocycles.